The second-order valence-corrected chi connectivity index (χ2v) is 6.64. The minimum absolute atomic E-state index is 0.0791. The Morgan fingerprint density at radius 1 is 1.19 bits per heavy atom. The van der Waals surface area contributed by atoms with E-state index in [-0.39, 0.29) is 5.91 Å². The molecule has 3 heterocycles. The summed E-state index contributed by atoms with van der Waals surface area (Å²) in [4.78, 5) is 23.5. The van der Waals surface area contributed by atoms with E-state index < -0.39 is 0 Å². The number of amides is 1. The molecule has 2 aromatic heterocycles. The number of nitrogens with one attached hydrogen (secondary N) is 1. The van der Waals surface area contributed by atoms with Gasteiger partial charge in [0, 0.05) is 44.6 Å². The summed E-state index contributed by atoms with van der Waals surface area (Å²) >= 11 is 0. The monoisotopic (exact) mass is 365 g/mol. The Kier molecular flexibility index (Phi) is 5.02. The number of fused-ring (bicyclic) bond motifs is 1. The predicted molar refractivity (Wildman–Crippen MR) is 104 cm³/mol. The molecule has 27 heavy (non-hydrogen) atoms. The highest BCUT2D eigenvalue weighted by atomic mass is 16.5. The molecule has 1 saturated heterocycles. The van der Waals surface area contributed by atoms with Crippen LogP contribution in [0.4, 0.5) is 5.95 Å². The van der Waals surface area contributed by atoms with Crippen LogP contribution in [0.3, 0.4) is 0 Å². The van der Waals surface area contributed by atoms with Crippen LogP contribution in [0, 0.1) is 0 Å². The fraction of sp³-hybridized carbons (Fsp3) is 0.350. The molecule has 3 aromatic rings. The first-order valence-corrected chi connectivity index (χ1v) is 9.18. The molecule has 0 spiro atoms. The van der Waals surface area contributed by atoms with Crippen molar-refractivity contribution in [3.63, 3.8) is 0 Å². The molecule has 0 atom stereocenters. The van der Waals surface area contributed by atoms with E-state index in [0.717, 1.165) is 42.1 Å². The first-order chi connectivity index (χ1) is 13.2. The number of rotatable bonds is 5. The lowest BCUT2D eigenvalue weighted by molar-refractivity contribution is 0.0954. The van der Waals surface area contributed by atoms with Crippen LogP contribution >= 0.6 is 0 Å². The van der Waals surface area contributed by atoms with Gasteiger partial charge in [0.15, 0.2) is 0 Å². The molecule has 1 aliphatic heterocycles. The summed E-state index contributed by atoms with van der Waals surface area (Å²) in [7, 11) is 2.01. The molecular formula is C20H23N5O2. The van der Waals surface area contributed by atoms with Crippen LogP contribution in [-0.4, -0.2) is 53.3 Å². The van der Waals surface area contributed by atoms with Gasteiger partial charge < -0.3 is 19.5 Å². The maximum Gasteiger partial charge on any atom is 0.251 e. The Labute approximate surface area is 158 Å². The van der Waals surface area contributed by atoms with Crippen molar-refractivity contribution < 1.29 is 9.53 Å². The summed E-state index contributed by atoms with van der Waals surface area (Å²) in [6.07, 6.45) is 4.30. The van der Waals surface area contributed by atoms with Crippen LogP contribution in [-0.2, 0) is 18.2 Å². The Hall–Kier alpha value is -2.93. The van der Waals surface area contributed by atoms with Crippen molar-refractivity contribution in [1.82, 2.24) is 19.9 Å². The van der Waals surface area contributed by atoms with Crippen LogP contribution in [0.1, 0.15) is 15.9 Å². The maximum atomic E-state index is 12.5. The summed E-state index contributed by atoms with van der Waals surface area (Å²) in [6, 6.07) is 9.60. The smallest absolute Gasteiger partial charge is 0.251 e. The van der Waals surface area contributed by atoms with E-state index in [1.54, 1.807) is 12.4 Å². The van der Waals surface area contributed by atoms with Gasteiger partial charge in [-0.25, -0.2) is 4.98 Å². The standard InChI is InChI=1S/C20H23N5O2/c1-24-18-3-2-16(19(26)22-9-6-15-4-7-21-8-5-15)14-17(18)23-20(24)25-10-12-27-13-11-25/h2-5,7-8,14H,6,9-13H2,1H3,(H,22,26). The highest BCUT2D eigenvalue weighted by Gasteiger charge is 2.18. The van der Waals surface area contributed by atoms with Crippen molar-refractivity contribution in [2.75, 3.05) is 37.7 Å². The number of carbonyl (C=O) groups is 1. The Morgan fingerprint density at radius 2 is 1.96 bits per heavy atom. The van der Waals surface area contributed by atoms with Gasteiger partial charge in [-0.15, -0.1) is 0 Å². The van der Waals surface area contributed by atoms with Crippen molar-refractivity contribution in [3.8, 4) is 0 Å². The average molecular weight is 365 g/mol. The van der Waals surface area contributed by atoms with Crippen LogP contribution in [0.5, 0.6) is 0 Å². The van der Waals surface area contributed by atoms with Gasteiger partial charge in [-0.05, 0) is 42.3 Å². The number of anilines is 1. The second kappa shape index (κ2) is 7.75. The van der Waals surface area contributed by atoms with Crippen LogP contribution in [0.15, 0.2) is 42.7 Å². The van der Waals surface area contributed by atoms with Gasteiger partial charge in [0.05, 0.1) is 24.2 Å². The number of benzene rings is 1. The van der Waals surface area contributed by atoms with E-state index in [2.05, 4.69) is 19.8 Å². The van der Waals surface area contributed by atoms with Crippen molar-refractivity contribution in [2.45, 2.75) is 6.42 Å². The molecule has 7 nitrogen and oxygen atoms in total. The number of morpholine rings is 1. The molecule has 1 amide bonds. The predicted octanol–water partition coefficient (Wildman–Crippen LogP) is 1.78. The Bertz CT molecular complexity index is 932. The normalized spacial score (nSPS) is 14.5. The zero-order valence-corrected chi connectivity index (χ0v) is 15.4. The minimum Gasteiger partial charge on any atom is -0.378 e. The van der Waals surface area contributed by atoms with Crippen molar-refractivity contribution in [2.24, 2.45) is 7.05 Å². The zero-order chi connectivity index (χ0) is 18.6. The van der Waals surface area contributed by atoms with Gasteiger partial charge in [0.25, 0.3) is 5.91 Å². The number of pyridine rings is 1. The quantitative estimate of drug-likeness (QED) is 0.746. The number of carbonyl (C=O) groups excluding carboxylic acids is 1. The molecule has 0 saturated carbocycles. The topological polar surface area (TPSA) is 72.3 Å². The van der Waals surface area contributed by atoms with Gasteiger partial charge in [-0.3, -0.25) is 9.78 Å². The van der Waals surface area contributed by atoms with Gasteiger partial charge in [-0.2, -0.15) is 0 Å². The molecule has 140 valence electrons. The van der Waals surface area contributed by atoms with Crippen molar-refractivity contribution >= 4 is 22.9 Å². The molecular weight excluding hydrogens is 342 g/mol. The first kappa shape index (κ1) is 17.5. The van der Waals surface area contributed by atoms with Crippen LogP contribution < -0.4 is 10.2 Å². The van der Waals surface area contributed by atoms with E-state index in [9.17, 15) is 4.79 Å². The maximum absolute atomic E-state index is 12.5. The fourth-order valence-electron chi connectivity index (χ4n) is 3.35. The Morgan fingerprint density at radius 3 is 2.74 bits per heavy atom. The third-order valence-corrected chi connectivity index (χ3v) is 4.86. The van der Waals surface area contributed by atoms with Gasteiger partial charge >= 0.3 is 0 Å². The summed E-state index contributed by atoms with van der Waals surface area (Å²) in [6.45, 7) is 3.68. The van der Waals surface area contributed by atoms with Gasteiger partial charge in [0.2, 0.25) is 5.95 Å². The largest absolute Gasteiger partial charge is 0.378 e. The SMILES string of the molecule is Cn1c(N2CCOCC2)nc2cc(C(=O)NCCc3ccncc3)ccc21. The first-order valence-electron chi connectivity index (χ1n) is 9.18. The van der Waals surface area contributed by atoms with Crippen molar-refractivity contribution in [3.05, 3.63) is 53.9 Å². The lowest BCUT2D eigenvalue weighted by Gasteiger charge is -2.27. The van der Waals surface area contributed by atoms with E-state index >= 15 is 0 Å². The molecule has 4 rings (SSSR count). The number of hydrogen-bond acceptors (Lipinski definition) is 5. The van der Waals surface area contributed by atoms with E-state index in [1.807, 2.05) is 37.4 Å². The summed E-state index contributed by atoms with van der Waals surface area (Å²) in [5, 5.41) is 2.98. The minimum atomic E-state index is -0.0791. The Balaban J connectivity index is 1.46. The number of nitrogens with zero attached hydrogens (tertiary/aromatic N) is 4. The molecule has 0 unspecified atom stereocenters. The highest BCUT2D eigenvalue weighted by molar-refractivity contribution is 5.97. The number of ether oxygens (including phenoxy) is 1. The lowest BCUT2D eigenvalue weighted by Crippen LogP contribution is -2.37. The van der Waals surface area contributed by atoms with E-state index in [1.165, 1.54) is 0 Å². The molecule has 0 radical (unpaired) electrons. The fourth-order valence-corrected chi connectivity index (χ4v) is 3.35. The molecule has 0 bridgehead atoms. The summed E-state index contributed by atoms with van der Waals surface area (Å²) in [5.74, 6) is 0.841. The lowest BCUT2D eigenvalue weighted by atomic mass is 10.1. The van der Waals surface area contributed by atoms with Crippen LogP contribution in [0.2, 0.25) is 0 Å². The third-order valence-electron chi connectivity index (χ3n) is 4.86. The summed E-state index contributed by atoms with van der Waals surface area (Å²) in [5.41, 5.74) is 3.63. The number of hydrogen-bond donors (Lipinski definition) is 1. The number of aryl methyl sites for hydroxylation is 1. The zero-order valence-electron chi connectivity index (χ0n) is 15.4. The number of aromatic nitrogens is 3. The highest BCUT2D eigenvalue weighted by Crippen LogP contribution is 2.23. The van der Waals surface area contributed by atoms with E-state index in [4.69, 9.17) is 9.72 Å². The van der Waals surface area contributed by atoms with Gasteiger partial charge in [0.1, 0.15) is 0 Å². The van der Waals surface area contributed by atoms with Gasteiger partial charge in [-0.1, -0.05) is 0 Å². The second-order valence-electron chi connectivity index (χ2n) is 6.64. The third kappa shape index (κ3) is 3.78. The van der Waals surface area contributed by atoms with Crippen molar-refractivity contribution in [1.29, 1.82) is 0 Å². The molecule has 1 aromatic carbocycles. The van der Waals surface area contributed by atoms with E-state index in [0.29, 0.717) is 25.3 Å². The molecule has 7 heteroatoms. The molecule has 1 fully saturated rings. The average Bonchev–Trinajstić information content (AvgIpc) is 3.05. The molecule has 1 aliphatic rings. The van der Waals surface area contributed by atoms with Crippen LogP contribution in [0.25, 0.3) is 11.0 Å². The molecule has 0 aliphatic carbocycles. The number of imidazole rings is 1. The molecule has 1 N–H and O–H groups in total. The summed E-state index contributed by atoms with van der Waals surface area (Å²) < 4.78 is 7.50.